The molecule has 1 fully saturated rings. The van der Waals surface area contributed by atoms with Crippen molar-refractivity contribution in [1.82, 2.24) is 10.1 Å². The summed E-state index contributed by atoms with van der Waals surface area (Å²) in [4.78, 5) is 15.3. The molecule has 1 saturated carbocycles. The molecule has 110 valence electrons. The molecule has 1 heterocycles. The number of aromatic nitrogens is 2. The second kappa shape index (κ2) is 5.68. The number of aromatic carboxylic acids is 1. The number of hydrogen-bond donors (Lipinski definition) is 1. The highest BCUT2D eigenvalue weighted by atomic mass is 16.5. The van der Waals surface area contributed by atoms with E-state index in [1.54, 1.807) is 24.3 Å². The maximum Gasteiger partial charge on any atom is 0.335 e. The molecule has 2 unspecified atom stereocenters. The molecule has 0 radical (unpaired) electrons. The van der Waals surface area contributed by atoms with E-state index in [2.05, 4.69) is 17.1 Å². The van der Waals surface area contributed by atoms with E-state index in [4.69, 9.17) is 9.63 Å². The summed E-state index contributed by atoms with van der Waals surface area (Å²) in [6, 6.07) is 6.49. The molecule has 0 saturated heterocycles. The van der Waals surface area contributed by atoms with Gasteiger partial charge in [0.2, 0.25) is 0 Å². The molecule has 1 aliphatic carbocycles. The summed E-state index contributed by atoms with van der Waals surface area (Å²) in [6.45, 7) is 2.22. The fourth-order valence-electron chi connectivity index (χ4n) is 2.95. The van der Waals surface area contributed by atoms with Gasteiger partial charge in [-0.05, 0) is 49.4 Å². The fraction of sp³-hybridized carbons (Fsp3) is 0.438. The van der Waals surface area contributed by atoms with Crippen molar-refractivity contribution in [2.24, 2.45) is 5.92 Å². The molecule has 1 aromatic heterocycles. The van der Waals surface area contributed by atoms with E-state index in [1.807, 2.05) is 0 Å². The Hall–Kier alpha value is -2.17. The third-order valence-corrected chi connectivity index (χ3v) is 4.30. The topological polar surface area (TPSA) is 76.2 Å². The molecule has 0 spiro atoms. The van der Waals surface area contributed by atoms with Crippen molar-refractivity contribution in [2.45, 2.75) is 38.5 Å². The van der Waals surface area contributed by atoms with Crippen LogP contribution < -0.4 is 0 Å². The first-order valence-electron chi connectivity index (χ1n) is 7.34. The van der Waals surface area contributed by atoms with Gasteiger partial charge in [-0.3, -0.25) is 0 Å². The van der Waals surface area contributed by atoms with Crippen LogP contribution in [0.15, 0.2) is 28.8 Å². The summed E-state index contributed by atoms with van der Waals surface area (Å²) >= 11 is 0. The number of benzene rings is 1. The average Bonchev–Trinajstić information content (AvgIpc) is 3.16. The lowest BCUT2D eigenvalue weighted by atomic mass is 10.0. The molecule has 5 heteroatoms. The third-order valence-electron chi connectivity index (χ3n) is 4.30. The number of carboxylic acid groups (broad SMARTS) is 1. The summed E-state index contributed by atoms with van der Waals surface area (Å²) in [5.74, 6) is 1.46. The Morgan fingerprint density at radius 3 is 2.71 bits per heavy atom. The van der Waals surface area contributed by atoms with Crippen molar-refractivity contribution in [1.29, 1.82) is 0 Å². The lowest BCUT2D eigenvalue weighted by Gasteiger charge is -2.04. The molecular weight excluding hydrogens is 268 g/mol. The zero-order valence-electron chi connectivity index (χ0n) is 12.0. The average molecular weight is 286 g/mol. The van der Waals surface area contributed by atoms with Crippen LogP contribution in [0.5, 0.6) is 0 Å². The lowest BCUT2D eigenvalue weighted by molar-refractivity contribution is 0.0697. The predicted molar refractivity (Wildman–Crippen MR) is 77.1 cm³/mol. The molecule has 2 atom stereocenters. The van der Waals surface area contributed by atoms with Gasteiger partial charge >= 0.3 is 5.97 Å². The number of carboxylic acids is 1. The highest BCUT2D eigenvalue weighted by Crippen LogP contribution is 2.38. The van der Waals surface area contributed by atoms with Gasteiger partial charge in [0, 0.05) is 11.5 Å². The van der Waals surface area contributed by atoms with Crippen LogP contribution in [0.3, 0.4) is 0 Å². The Labute approximate surface area is 123 Å². The fourth-order valence-corrected chi connectivity index (χ4v) is 2.95. The third kappa shape index (κ3) is 2.82. The molecule has 0 bridgehead atoms. The van der Waals surface area contributed by atoms with Gasteiger partial charge in [-0.15, -0.1) is 0 Å². The van der Waals surface area contributed by atoms with Gasteiger partial charge in [0.15, 0.2) is 5.82 Å². The molecule has 0 amide bonds. The van der Waals surface area contributed by atoms with E-state index >= 15 is 0 Å². The van der Waals surface area contributed by atoms with Gasteiger partial charge in [-0.25, -0.2) is 4.79 Å². The van der Waals surface area contributed by atoms with Crippen LogP contribution in [-0.2, 0) is 0 Å². The predicted octanol–water partition coefficient (Wildman–Crippen LogP) is 3.73. The van der Waals surface area contributed by atoms with Crippen LogP contribution in [0.1, 0.15) is 54.7 Å². The van der Waals surface area contributed by atoms with E-state index in [1.165, 1.54) is 12.8 Å². The number of carbonyl (C=O) groups is 1. The van der Waals surface area contributed by atoms with Crippen molar-refractivity contribution in [3.05, 3.63) is 35.7 Å². The minimum Gasteiger partial charge on any atom is -0.478 e. The smallest absolute Gasteiger partial charge is 0.335 e. The van der Waals surface area contributed by atoms with E-state index < -0.39 is 5.97 Å². The first-order valence-corrected chi connectivity index (χ1v) is 7.34. The maximum atomic E-state index is 10.8. The van der Waals surface area contributed by atoms with Crippen molar-refractivity contribution >= 4 is 5.97 Å². The molecule has 2 aromatic rings. The standard InChI is InChI=1S/C16H18N2O3/c1-2-10-3-4-13(9-10)14-17-15(21-18-14)11-5-7-12(8-6-11)16(19)20/h5-8,10,13H,2-4,9H2,1H3,(H,19,20). The highest BCUT2D eigenvalue weighted by molar-refractivity contribution is 5.88. The second-order valence-electron chi connectivity index (χ2n) is 5.62. The normalized spacial score (nSPS) is 21.6. The largest absolute Gasteiger partial charge is 0.478 e. The number of hydrogen-bond acceptors (Lipinski definition) is 4. The summed E-state index contributed by atoms with van der Waals surface area (Å²) in [7, 11) is 0. The van der Waals surface area contributed by atoms with Gasteiger partial charge in [0.25, 0.3) is 5.89 Å². The Kier molecular flexibility index (Phi) is 3.73. The van der Waals surface area contributed by atoms with Crippen LogP contribution in [0, 0.1) is 5.92 Å². The minimum atomic E-state index is -0.940. The Balaban J connectivity index is 1.77. The van der Waals surface area contributed by atoms with Crippen molar-refractivity contribution in [3.8, 4) is 11.5 Å². The van der Waals surface area contributed by atoms with Gasteiger partial charge in [0.05, 0.1) is 5.56 Å². The first-order chi connectivity index (χ1) is 10.2. The second-order valence-corrected chi connectivity index (χ2v) is 5.62. The zero-order chi connectivity index (χ0) is 14.8. The van der Waals surface area contributed by atoms with Crippen molar-refractivity contribution in [2.75, 3.05) is 0 Å². The molecule has 1 aromatic carbocycles. The van der Waals surface area contributed by atoms with Crippen molar-refractivity contribution < 1.29 is 14.4 Å². The number of rotatable bonds is 4. The molecule has 5 nitrogen and oxygen atoms in total. The van der Waals surface area contributed by atoms with Gasteiger partial charge in [-0.1, -0.05) is 18.5 Å². The molecule has 3 rings (SSSR count). The first kappa shape index (κ1) is 13.8. The molecule has 1 N–H and O–H groups in total. The summed E-state index contributed by atoms with van der Waals surface area (Å²) < 4.78 is 5.32. The Morgan fingerprint density at radius 1 is 1.33 bits per heavy atom. The van der Waals surface area contributed by atoms with E-state index in [0.29, 0.717) is 11.8 Å². The maximum absolute atomic E-state index is 10.8. The summed E-state index contributed by atoms with van der Waals surface area (Å²) in [5, 5.41) is 13.0. The van der Waals surface area contributed by atoms with E-state index in [0.717, 1.165) is 30.1 Å². The van der Waals surface area contributed by atoms with E-state index in [9.17, 15) is 4.79 Å². The molecule has 21 heavy (non-hydrogen) atoms. The molecule has 0 aliphatic heterocycles. The van der Waals surface area contributed by atoms with Gasteiger partial charge in [-0.2, -0.15) is 4.98 Å². The zero-order valence-corrected chi connectivity index (χ0v) is 12.0. The Morgan fingerprint density at radius 2 is 2.10 bits per heavy atom. The summed E-state index contributed by atoms with van der Waals surface area (Å²) in [5.41, 5.74) is 1.00. The quantitative estimate of drug-likeness (QED) is 0.926. The Bertz CT molecular complexity index is 633. The molecular formula is C16H18N2O3. The van der Waals surface area contributed by atoms with Crippen LogP contribution in [0.2, 0.25) is 0 Å². The van der Waals surface area contributed by atoms with Crippen LogP contribution in [-0.4, -0.2) is 21.2 Å². The van der Waals surface area contributed by atoms with Gasteiger partial charge in [0.1, 0.15) is 0 Å². The van der Waals surface area contributed by atoms with Crippen molar-refractivity contribution in [3.63, 3.8) is 0 Å². The monoisotopic (exact) mass is 286 g/mol. The highest BCUT2D eigenvalue weighted by Gasteiger charge is 2.28. The lowest BCUT2D eigenvalue weighted by Crippen LogP contribution is -1.97. The summed E-state index contributed by atoms with van der Waals surface area (Å²) in [6.07, 6.45) is 4.69. The number of nitrogens with zero attached hydrogens (tertiary/aromatic N) is 2. The van der Waals surface area contributed by atoms with Crippen LogP contribution in [0.4, 0.5) is 0 Å². The minimum absolute atomic E-state index is 0.250. The van der Waals surface area contributed by atoms with Crippen LogP contribution >= 0.6 is 0 Å². The SMILES string of the molecule is CCC1CCC(c2noc(-c3ccc(C(=O)O)cc3)n2)C1. The van der Waals surface area contributed by atoms with E-state index in [-0.39, 0.29) is 5.56 Å². The van der Waals surface area contributed by atoms with Gasteiger partial charge < -0.3 is 9.63 Å². The van der Waals surface area contributed by atoms with Crippen LogP contribution in [0.25, 0.3) is 11.5 Å². The molecule has 1 aliphatic rings.